The Morgan fingerprint density at radius 2 is 1.70 bits per heavy atom. The molecule has 0 saturated heterocycles. The summed E-state index contributed by atoms with van der Waals surface area (Å²) in [7, 11) is 2.38. The van der Waals surface area contributed by atoms with Gasteiger partial charge in [-0.25, -0.2) is 0 Å². The number of hydrogen-bond donors (Lipinski definition) is 0. The second-order valence-electron chi connectivity index (χ2n) is 1.90. The fourth-order valence-electron chi connectivity index (χ4n) is 0.264. The Hall–Kier alpha value is -0.740. The Labute approximate surface area is 55.9 Å². The van der Waals surface area contributed by atoms with E-state index in [1.54, 1.807) is 0 Å². The van der Waals surface area contributed by atoms with Gasteiger partial charge in [-0.15, -0.1) is 0 Å². The molecule has 0 aromatic carbocycles. The molecular formula is C5H7F4N. The summed E-state index contributed by atoms with van der Waals surface area (Å²) < 4.78 is 46.1. The van der Waals surface area contributed by atoms with Crippen molar-refractivity contribution in [2.24, 2.45) is 0 Å². The second-order valence-corrected chi connectivity index (χ2v) is 1.90. The Kier molecular flexibility index (Phi) is 2.68. The minimum atomic E-state index is -4.58. The van der Waals surface area contributed by atoms with Crippen LogP contribution in [0.5, 0.6) is 0 Å². The molecular weight excluding hydrogens is 150 g/mol. The van der Waals surface area contributed by atoms with Crippen molar-refractivity contribution in [3.63, 3.8) is 0 Å². The van der Waals surface area contributed by atoms with Crippen LogP contribution in [-0.2, 0) is 0 Å². The van der Waals surface area contributed by atoms with Crippen LogP contribution in [0.15, 0.2) is 12.0 Å². The van der Waals surface area contributed by atoms with Gasteiger partial charge in [0.1, 0.15) is 0 Å². The summed E-state index contributed by atoms with van der Waals surface area (Å²) >= 11 is 0. The molecule has 0 aromatic rings. The maximum Gasteiger partial charge on any atom is 0.414 e. The number of rotatable bonds is 1. The lowest BCUT2D eigenvalue weighted by Crippen LogP contribution is -2.12. The number of allylic oxidation sites excluding steroid dienone is 1. The van der Waals surface area contributed by atoms with E-state index in [1.165, 1.54) is 14.1 Å². The van der Waals surface area contributed by atoms with Gasteiger partial charge in [0.2, 0.25) is 0 Å². The molecule has 0 amide bonds. The number of hydrogen-bond acceptors (Lipinski definition) is 1. The van der Waals surface area contributed by atoms with Crippen molar-refractivity contribution in [1.29, 1.82) is 0 Å². The lowest BCUT2D eigenvalue weighted by molar-refractivity contribution is -0.0826. The summed E-state index contributed by atoms with van der Waals surface area (Å²) in [5.74, 6) is -1.30. The standard InChI is InChI=1S/C5H7F4N/c1-10(2)4(6)3-5(7,8)9/h3H,1-2H3/b4-3-. The third kappa shape index (κ3) is 4.17. The highest BCUT2D eigenvalue weighted by atomic mass is 19.4. The molecule has 0 bridgehead atoms. The highest BCUT2D eigenvalue weighted by Crippen LogP contribution is 2.19. The van der Waals surface area contributed by atoms with Crippen LogP contribution in [-0.4, -0.2) is 25.2 Å². The lowest BCUT2D eigenvalue weighted by atomic mass is 10.5. The van der Waals surface area contributed by atoms with Crippen LogP contribution < -0.4 is 0 Å². The molecule has 0 atom stereocenters. The molecule has 0 aliphatic rings. The van der Waals surface area contributed by atoms with E-state index in [0.717, 1.165) is 4.90 Å². The molecule has 1 nitrogen and oxygen atoms in total. The highest BCUT2D eigenvalue weighted by Gasteiger charge is 2.25. The van der Waals surface area contributed by atoms with Gasteiger partial charge in [-0.2, -0.15) is 17.6 Å². The topological polar surface area (TPSA) is 3.24 Å². The van der Waals surface area contributed by atoms with Gasteiger partial charge in [-0.1, -0.05) is 0 Å². The predicted octanol–water partition coefficient (Wildman–Crippen LogP) is 1.92. The van der Waals surface area contributed by atoms with Gasteiger partial charge >= 0.3 is 6.18 Å². The van der Waals surface area contributed by atoms with E-state index in [9.17, 15) is 17.6 Å². The number of halogens is 4. The molecule has 0 spiro atoms. The predicted molar refractivity (Wildman–Crippen MR) is 28.9 cm³/mol. The summed E-state index contributed by atoms with van der Waals surface area (Å²) in [6, 6.07) is 0. The van der Waals surface area contributed by atoms with E-state index >= 15 is 0 Å². The number of alkyl halides is 3. The van der Waals surface area contributed by atoms with Crippen molar-refractivity contribution in [3.05, 3.63) is 12.0 Å². The van der Waals surface area contributed by atoms with Crippen molar-refractivity contribution in [3.8, 4) is 0 Å². The van der Waals surface area contributed by atoms with Crippen LogP contribution in [0.3, 0.4) is 0 Å². The van der Waals surface area contributed by atoms with E-state index < -0.39 is 18.2 Å². The minimum Gasteiger partial charge on any atom is -0.355 e. The van der Waals surface area contributed by atoms with Gasteiger partial charge in [0.25, 0.3) is 0 Å². The smallest absolute Gasteiger partial charge is 0.355 e. The molecule has 0 aliphatic heterocycles. The monoisotopic (exact) mass is 157 g/mol. The minimum absolute atomic E-state index is 0.396. The molecule has 0 radical (unpaired) electrons. The Morgan fingerprint density at radius 3 is 1.80 bits per heavy atom. The molecule has 0 saturated carbocycles. The van der Waals surface area contributed by atoms with Crippen molar-refractivity contribution in [2.45, 2.75) is 6.18 Å². The molecule has 60 valence electrons. The first-order chi connectivity index (χ1) is 4.33. The molecule has 10 heavy (non-hydrogen) atoms. The van der Waals surface area contributed by atoms with Crippen LogP contribution in [0.4, 0.5) is 17.6 Å². The first-order valence-corrected chi connectivity index (χ1v) is 2.45. The first kappa shape index (κ1) is 9.26. The third-order valence-electron chi connectivity index (χ3n) is 0.710. The molecule has 0 N–H and O–H groups in total. The zero-order valence-corrected chi connectivity index (χ0v) is 5.54. The van der Waals surface area contributed by atoms with Gasteiger partial charge in [0.05, 0.1) is 6.08 Å². The summed E-state index contributed by atoms with van der Waals surface area (Å²) in [6.45, 7) is 0. The van der Waals surface area contributed by atoms with E-state index in [-0.39, 0.29) is 0 Å². The molecule has 0 aliphatic carbocycles. The lowest BCUT2D eigenvalue weighted by Gasteiger charge is -2.08. The first-order valence-electron chi connectivity index (χ1n) is 2.45. The molecule has 0 heterocycles. The van der Waals surface area contributed by atoms with Gasteiger partial charge in [0, 0.05) is 14.1 Å². The van der Waals surface area contributed by atoms with Gasteiger partial charge < -0.3 is 4.90 Å². The molecule has 5 heteroatoms. The van der Waals surface area contributed by atoms with Crippen molar-refractivity contribution in [2.75, 3.05) is 14.1 Å². The third-order valence-corrected chi connectivity index (χ3v) is 0.710. The fraction of sp³-hybridized carbons (Fsp3) is 0.600. The van der Waals surface area contributed by atoms with Crippen molar-refractivity contribution in [1.82, 2.24) is 4.90 Å². The van der Waals surface area contributed by atoms with Gasteiger partial charge in [-0.05, 0) is 0 Å². The van der Waals surface area contributed by atoms with E-state index in [0.29, 0.717) is 0 Å². The van der Waals surface area contributed by atoms with E-state index in [1.807, 2.05) is 0 Å². The highest BCUT2D eigenvalue weighted by molar-refractivity contribution is 4.94. The van der Waals surface area contributed by atoms with E-state index in [2.05, 4.69) is 0 Å². The van der Waals surface area contributed by atoms with Crippen molar-refractivity contribution >= 4 is 0 Å². The van der Waals surface area contributed by atoms with Crippen molar-refractivity contribution < 1.29 is 17.6 Å². The second kappa shape index (κ2) is 2.90. The van der Waals surface area contributed by atoms with Gasteiger partial charge in [0.15, 0.2) is 5.95 Å². The summed E-state index contributed by atoms with van der Waals surface area (Å²) in [4.78, 5) is 0.744. The zero-order chi connectivity index (χ0) is 8.36. The molecule has 0 fully saturated rings. The largest absolute Gasteiger partial charge is 0.414 e. The number of nitrogens with zero attached hydrogens (tertiary/aromatic N) is 1. The zero-order valence-electron chi connectivity index (χ0n) is 5.54. The maximum absolute atomic E-state index is 12.1. The maximum atomic E-state index is 12.1. The molecule has 0 aromatic heterocycles. The van der Waals surface area contributed by atoms with Crippen LogP contribution in [0.25, 0.3) is 0 Å². The van der Waals surface area contributed by atoms with Crippen LogP contribution in [0, 0.1) is 0 Å². The van der Waals surface area contributed by atoms with E-state index in [4.69, 9.17) is 0 Å². The van der Waals surface area contributed by atoms with Gasteiger partial charge in [-0.3, -0.25) is 0 Å². The van der Waals surface area contributed by atoms with Crippen LogP contribution in [0.2, 0.25) is 0 Å². The average molecular weight is 157 g/mol. The normalized spacial score (nSPS) is 13.6. The Morgan fingerprint density at radius 1 is 1.30 bits per heavy atom. The SMILES string of the molecule is CN(C)/C(F)=C\C(F)(F)F. The Balaban J connectivity index is 4.17. The van der Waals surface area contributed by atoms with Crippen LogP contribution in [0.1, 0.15) is 0 Å². The fourth-order valence-corrected chi connectivity index (χ4v) is 0.264. The Bertz CT molecular complexity index is 135. The summed E-state index contributed by atoms with van der Waals surface area (Å²) in [5, 5.41) is 0. The quantitative estimate of drug-likeness (QED) is 0.415. The van der Waals surface area contributed by atoms with Crippen LogP contribution >= 0.6 is 0 Å². The molecule has 0 rings (SSSR count). The average Bonchev–Trinajstić information content (AvgIpc) is 1.60. The summed E-state index contributed by atoms with van der Waals surface area (Å²) in [5.41, 5.74) is 0. The summed E-state index contributed by atoms with van der Waals surface area (Å²) in [6.07, 6.45) is -4.97. The molecule has 0 unspecified atom stereocenters.